The Kier molecular flexibility index (Phi) is 8.52. The van der Waals surface area contributed by atoms with Gasteiger partial charge in [0, 0.05) is 15.4 Å². The molecule has 0 spiro atoms. The summed E-state index contributed by atoms with van der Waals surface area (Å²) in [4.78, 5) is 10.4. The molecule has 10 heteroatoms. The fraction of sp³-hybridized carbons (Fsp3) is 0.292. The molecule has 2 rings (SSSR count). The molecule has 2 aromatic carbocycles. The van der Waals surface area contributed by atoms with Crippen molar-refractivity contribution in [2.75, 3.05) is 6.61 Å². The highest BCUT2D eigenvalue weighted by Gasteiger charge is 2.45. The lowest BCUT2D eigenvalue weighted by molar-refractivity contribution is -0.139. The summed E-state index contributed by atoms with van der Waals surface area (Å²) in [5.74, 6) is -5.13. The van der Waals surface area contributed by atoms with Crippen LogP contribution in [0, 0.1) is 6.92 Å². The van der Waals surface area contributed by atoms with Crippen molar-refractivity contribution in [3.8, 4) is 5.75 Å². The van der Waals surface area contributed by atoms with Crippen molar-refractivity contribution in [2.24, 2.45) is 0 Å². The highest BCUT2D eigenvalue weighted by molar-refractivity contribution is 8.11. The van der Waals surface area contributed by atoms with Crippen LogP contribution >= 0.6 is 11.8 Å². The molecule has 184 valence electrons. The summed E-state index contributed by atoms with van der Waals surface area (Å²) < 4.78 is 88.8. The quantitative estimate of drug-likeness (QED) is 0.357. The van der Waals surface area contributed by atoms with Crippen LogP contribution in [-0.4, -0.2) is 23.9 Å². The Balaban J connectivity index is 2.27. The summed E-state index contributed by atoms with van der Waals surface area (Å²) in [5, 5.41) is 8.68. The summed E-state index contributed by atoms with van der Waals surface area (Å²) in [6.45, 7) is 7.36. The Bertz CT molecular complexity index is 1090. The van der Waals surface area contributed by atoms with E-state index in [1.165, 1.54) is 20.8 Å². The fourth-order valence-corrected chi connectivity index (χ4v) is 3.89. The molecule has 3 nitrogen and oxygen atoms in total. The van der Waals surface area contributed by atoms with Crippen molar-refractivity contribution in [1.29, 1.82) is 0 Å². The fourth-order valence-electron chi connectivity index (χ4n) is 2.91. The Labute approximate surface area is 197 Å². The highest BCUT2D eigenvalue weighted by Crippen LogP contribution is 2.46. The monoisotopic (exact) mass is 504 g/mol. The molecule has 0 radical (unpaired) electrons. The number of allylic oxidation sites excluding steroid dienone is 2. The maximum atomic E-state index is 15.2. The van der Waals surface area contributed by atoms with Gasteiger partial charge in [0.1, 0.15) is 5.75 Å². The van der Waals surface area contributed by atoms with Crippen LogP contribution in [0.25, 0.3) is 4.91 Å². The molecular weight excluding hydrogens is 482 g/mol. The van der Waals surface area contributed by atoms with Crippen LogP contribution in [0.2, 0.25) is 0 Å². The number of halogens is 6. The minimum absolute atomic E-state index is 0.0739. The number of hydrogen-bond acceptors (Lipinski definition) is 3. The molecule has 0 aromatic heterocycles. The van der Waals surface area contributed by atoms with Crippen LogP contribution in [0.4, 0.5) is 26.3 Å². The van der Waals surface area contributed by atoms with Crippen LogP contribution in [0.5, 0.6) is 5.75 Å². The predicted octanol–water partition coefficient (Wildman–Crippen LogP) is 7.61. The first-order chi connectivity index (χ1) is 15.6. The molecule has 0 amide bonds. The normalized spacial score (nSPS) is 12.7. The number of carboxylic acid groups (broad SMARTS) is 1. The van der Waals surface area contributed by atoms with Gasteiger partial charge in [-0.25, -0.2) is 9.18 Å². The largest absolute Gasteiger partial charge is 0.482 e. The lowest BCUT2D eigenvalue weighted by atomic mass is 10.00. The van der Waals surface area contributed by atoms with Crippen molar-refractivity contribution in [3.63, 3.8) is 0 Å². The van der Waals surface area contributed by atoms with Crippen LogP contribution in [0.3, 0.4) is 0 Å². The van der Waals surface area contributed by atoms with Gasteiger partial charge in [0.25, 0.3) is 0 Å². The molecule has 0 heterocycles. The van der Waals surface area contributed by atoms with Crippen LogP contribution < -0.4 is 4.74 Å². The van der Waals surface area contributed by atoms with Gasteiger partial charge in [-0.3, -0.25) is 0 Å². The number of benzene rings is 2. The molecule has 2 aromatic rings. The van der Waals surface area contributed by atoms with Gasteiger partial charge in [0.2, 0.25) is 0 Å². The number of aliphatic carboxylic acids is 1. The number of ether oxygens (including phenoxy) is 1. The maximum Gasteiger partial charge on any atom is 0.416 e. The van der Waals surface area contributed by atoms with E-state index in [0.29, 0.717) is 11.8 Å². The van der Waals surface area contributed by atoms with Crippen molar-refractivity contribution in [2.45, 2.75) is 39.0 Å². The van der Waals surface area contributed by atoms with E-state index in [0.717, 1.165) is 42.5 Å². The van der Waals surface area contributed by atoms with Crippen LogP contribution in [-0.2, 0) is 16.9 Å². The van der Waals surface area contributed by atoms with Crippen molar-refractivity contribution < 1.29 is 41.0 Å². The van der Waals surface area contributed by atoms with Crippen LogP contribution in [0.1, 0.15) is 36.1 Å². The second kappa shape index (κ2) is 10.6. The van der Waals surface area contributed by atoms with E-state index in [1.54, 1.807) is 0 Å². The zero-order valence-corrected chi connectivity index (χ0v) is 19.3. The van der Waals surface area contributed by atoms with Gasteiger partial charge in [-0.2, -0.15) is 22.0 Å². The Morgan fingerprint density at radius 2 is 1.62 bits per heavy atom. The number of carbonyl (C=O) groups is 1. The number of thioether (sulfide) groups is 1. The molecule has 0 bridgehead atoms. The van der Waals surface area contributed by atoms with Gasteiger partial charge in [-0.1, -0.05) is 36.0 Å². The molecule has 1 N–H and O–H groups in total. The maximum absolute atomic E-state index is 15.2. The summed E-state index contributed by atoms with van der Waals surface area (Å²) >= 11 is 0.627. The number of rotatable bonds is 9. The molecule has 0 aliphatic carbocycles. The molecular formula is C24H22F6O3S. The number of hydrogen-bond donors (Lipinski definition) is 1. The van der Waals surface area contributed by atoms with Gasteiger partial charge in [0.15, 0.2) is 12.8 Å². The minimum atomic E-state index is -4.53. The lowest BCUT2D eigenvalue weighted by Crippen LogP contribution is -2.29. The average molecular weight is 504 g/mol. The van der Waals surface area contributed by atoms with Gasteiger partial charge >= 0.3 is 18.1 Å². The van der Waals surface area contributed by atoms with E-state index in [2.05, 4.69) is 6.58 Å². The third-order valence-electron chi connectivity index (χ3n) is 4.72. The second-order valence-electron chi connectivity index (χ2n) is 7.61. The Morgan fingerprint density at radius 1 is 1.06 bits per heavy atom. The van der Waals surface area contributed by atoms with Gasteiger partial charge in [-0.15, -0.1) is 0 Å². The SMILES string of the molecule is C=C(SC(=C(C)C)C(F)C(F)(F)c1ccc(OCC(=O)O)c(C)c1)c1ccc(C(F)(F)F)cc1. The number of carboxylic acids is 1. The first kappa shape index (κ1) is 27.4. The first-order valence-corrected chi connectivity index (χ1v) is 10.7. The molecule has 0 aliphatic heterocycles. The zero-order chi connectivity index (χ0) is 25.8. The third-order valence-corrected chi connectivity index (χ3v) is 6.04. The second-order valence-corrected chi connectivity index (χ2v) is 8.75. The van der Waals surface area contributed by atoms with E-state index >= 15 is 13.2 Å². The molecule has 0 saturated carbocycles. The summed E-state index contributed by atoms with van der Waals surface area (Å²) in [6.07, 6.45) is -7.30. The molecule has 0 fully saturated rings. The first-order valence-electron chi connectivity index (χ1n) is 9.84. The molecule has 1 atom stereocenters. The minimum Gasteiger partial charge on any atom is -0.482 e. The summed E-state index contributed by atoms with van der Waals surface area (Å²) in [7, 11) is 0. The van der Waals surface area contributed by atoms with Gasteiger partial charge in [-0.05, 0) is 62.2 Å². The molecule has 1 unspecified atom stereocenters. The van der Waals surface area contributed by atoms with E-state index in [1.807, 2.05) is 0 Å². The lowest BCUT2D eigenvalue weighted by Gasteiger charge is -2.25. The van der Waals surface area contributed by atoms with Crippen molar-refractivity contribution >= 4 is 22.6 Å². The molecule has 0 aliphatic rings. The number of aryl methyl sites for hydroxylation is 1. The van der Waals surface area contributed by atoms with Gasteiger partial charge in [0.05, 0.1) is 5.56 Å². The van der Waals surface area contributed by atoms with Crippen molar-refractivity contribution in [1.82, 2.24) is 0 Å². The average Bonchev–Trinajstić information content (AvgIpc) is 2.75. The third kappa shape index (κ3) is 6.59. The van der Waals surface area contributed by atoms with E-state index in [-0.39, 0.29) is 32.3 Å². The molecule has 0 saturated heterocycles. The Hall–Kier alpha value is -2.88. The zero-order valence-electron chi connectivity index (χ0n) is 18.5. The van der Waals surface area contributed by atoms with Crippen LogP contribution in [0.15, 0.2) is 59.5 Å². The van der Waals surface area contributed by atoms with E-state index in [4.69, 9.17) is 9.84 Å². The topological polar surface area (TPSA) is 46.5 Å². The van der Waals surface area contributed by atoms with Crippen molar-refractivity contribution in [3.05, 3.63) is 81.8 Å². The van der Waals surface area contributed by atoms with E-state index < -0.39 is 42.0 Å². The highest BCUT2D eigenvalue weighted by atomic mass is 32.2. The standard InChI is InChI=1S/C24H22F6O3S/c1-13(2)21(34-15(4)16-5-7-17(8-6-16)24(28,29)30)22(25)23(26,27)18-9-10-19(14(3)11-18)33-12-20(31)32/h5-11,22H,4,12H2,1-3H3,(H,31,32). The Morgan fingerprint density at radius 3 is 2.09 bits per heavy atom. The number of alkyl halides is 6. The summed E-state index contributed by atoms with van der Waals surface area (Å²) in [5.41, 5.74) is -0.824. The predicted molar refractivity (Wildman–Crippen MR) is 120 cm³/mol. The van der Waals surface area contributed by atoms with Gasteiger partial charge < -0.3 is 9.84 Å². The molecule has 34 heavy (non-hydrogen) atoms. The smallest absolute Gasteiger partial charge is 0.416 e. The van der Waals surface area contributed by atoms with E-state index in [9.17, 15) is 18.0 Å². The summed E-state index contributed by atoms with van der Waals surface area (Å²) in [6, 6.07) is 7.07.